The molecule has 0 bridgehead atoms. The first-order chi connectivity index (χ1) is 6.47. The third-order valence-electron chi connectivity index (χ3n) is 3.93. The number of hydrogen-bond donors (Lipinski definition) is 0. The molecule has 0 N–H and O–H groups in total. The van der Waals surface area contributed by atoms with Crippen LogP contribution >= 0.6 is 0 Å². The highest BCUT2D eigenvalue weighted by molar-refractivity contribution is 5.01. The third-order valence-corrected chi connectivity index (χ3v) is 3.93. The Hall–Kier alpha value is 0. The van der Waals surface area contributed by atoms with E-state index < -0.39 is 0 Å². The van der Waals surface area contributed by atoms with Gasteiger partial charge in [0.2, 0.25) is 0 Å². The van der Waals surface area contributed by atoms with Gasteiger partial charge in [-0.3, -0.25) is 0 Å². The molecule has 2 rings (SSSR count). The van der Waals surface area contributed by atoms with Crippen LogP contribution in [0.25, 0.3) is 0 Å². The highest BCUT2D eigenvalue weighted by Crippen LogP contribution is 2.40. The van der Waals surface area contributed by atoms with E-state index in [2.05, 4.69) is 0 Å². The minimum absolute atomic E-state index is 1.05. The molecule has 75 valence electrons. The Balaban J connectivity index is 1.82. The molecule has 13 heavy (non-hydrogen) atoms. The summed E-state index contributed by atoms with van der Waals surface area (Å²) in [6.45, 7) is 0. The van der Waals surface area contributed by atoms with Crippen molar-refractivity contribution in [3.63, 3.8) is 0 Å². The van der Waals surface area contributed by atoms with E-state index in [1.807, 2.05) is 5.92 Å². The van der Waals surface area contributed by atoms with Gasteiger partial charge in [0.1, 0.15) is 0 Å². The number of hydrogen-bond acceptors (Lipinski definition) is 0. The summed E-state index contributed by atoms with van der Waals surface area (Å²) in [6, 6.07) is 0. The van der Waals surface area contributed by atoms with Gasteiger partial charge < -0.3 is 0 Å². The summed E-state index contributed by atoms with van der Waals surface area (Å²) in [6.07, 6.45) is 16.5. The lowest BCUT2D eigenvalue weighted by Crippen LogP contribution is -2.06. The molecule has 1 radical (unpaired) electrons. The van der Waals surface area contributed by atoms with Crippen molar-refractivity contribution in [2.45, 2.75) is 70.6 Å². The van der Waals surface area contributed by atoms with Crippen molar-refractivity contribution in [2.24, 2.45) is 5.92 Å². The van der Waals surface area contributed by atoms with Crippen LogP contribution in [0.2, 0.25) is 0 Å². The molecule has 2 fully saturated rings. The second-order valence-corrected chi connectivity index (χ2v) is 4.91. The summed E-state index contributed by atoms with van der Waals surface area (Å²) in [5.41, 5.74) is 0. The van der Waals surface area contributed by atoms with Gasteiger partial charge in [-0.2, -0.15) is 0 Å². The fourth-order valence-corrected chi connectivity index (χ4v) is 3.11. The average molecular weight is 179 g/mol. The van der Waals surface area contributed by atoms with E-state index >= 15 is 0 Å². The van der Waals surface area contributed by atoms with Gasteiger partial charge in [0, 0.05) is 0 Å². The molecule has 0 aromatic rings. The second-order valence-electron chi connectivity index (χ2n) is 4.91. The molecular weight excluding hydrogens is 156 g/mol. The first-order valence-corrected chi connectivity index (χ1v) is 6.31. The Morgan fingerprint density at radius 1 is 0.615 bits per heavy atom. The van der Waals surface area contributed by atoms with E-state index in [4.69, 9.17) is 0 Å². The minimum atomic E-state index is 1.05. The van der Waals surface area contributed by atoms with E-state index in [0.29, 0.717) is 0 Å². The molecule has 0 heteroatoms. The van der Waals surface area contributed by atoms with Crippen LogP contribution in [0.1, 0.15) is 70.6 Å². The lowest BCUT2D eigenvalue weighted by molar-refractivity contribution is 0.439. The summed E-state index contributed by atoms with van der Waals surface area (Å²) in [5.74, 6) is 3.00. The summed E-state index contributed by atoms with van der Waals surface area (Å²) < 4.78 is 0. The van der Waals surface area contributed by atoms with Gasteiger partial charge in [-0.05, 0) is 37.5 Å². The highest BCUT2D eigenvalue weighted by atomic mass is 14.3. The van der Waals surface area contributed by atoms with Crippen LogP contribution in [-0.2, 0) is 0 Å². The largest absolute Gasteiger partial charge is 0.0533 e. The zero-order valence-corrected chi connectivity index (χ0v) is 8.86. The van der Waals surface area contributed by atoms with Crippen molar-refractivity contribution >= 4 is 0 Å². The Bertz CT molecular complexity index is 123. The molecule has 0 amide bonds. The first kappa shape index (κ1) is 9.55. The maximum atomic E-state index is 1.95. The van der Waals surface area contributed by atoms with Gasteiger partial charge in [-0.15, -0.1) is 0 Å². The fraction of sp³-hybridized carbons (Fsp3) is 0.923. The zero-order chi connectivity index (χ0) is 8.93. The zero-order valence-electron chi connectivity index (χ0n) is 8.86. The van der Waals surface area contributed by atoms with Crippen LogP contribution in [0.3, 0.4) is 0 Å². The molecule has 1 unspecified atom stereocenters. The van der Waals surface area contributed by atoms with E-state index in [0.717, 1.165) is 5.92 Å². The Labute approximate surface area is 83.1 Å². The van der Waals surface area contributed by atoms with Crippen LogP contribution < -0.4 is 0 Å². The van der Waals surface area contributed by atoms with Crippen molar-refractivity contribution in [3.05, 3.63) is 5.92 Å². The minimum Gasteiger partial charge on any atom is -0.0533 e. The lowest BCUT2D eigenvalue weighted by atomic mass is 9.85. The van der Waals surface area contributed by atoms with Crippen molar-refractivity contribution in [2.75, 3.05) is 0 Å². The molecule has 0 aromatic heterocycles. The smallest absolute Gasteiger partial charge is 0.0210 e. The van der Waals surface area contributed by atoms with E-state index in [1.54, 1.807) is 0 Å². The Morgan fingerprint density at radius 2 is 1.23 bits per heavy atom. The molecule has 0 spiro atoms. The van der Waals surface area contributed by atoms with E-state index in [9.17, 15) is 0 Å². The van der Waals surface area contributed by atoms with Gasteiger partial charge in [0.05, 0.1) is 0 Å². The number of rotatable bonds is 0. The van der Waals surface area contributed by atoms with Gasteiger partial charge in [-0.25, -0.2) is 0 Å². The predicted molar refractivity (Wildman–Crippen MR) is 57.5 cm³/mol. The SMILES string of the molecule is C1CCCCC2CCC[C]2CCC1. The highest BCUT2D eigenvalue weighted by Gasteiger charge is 2.26. The molecule has 0 aliphatic heterocycles. The van der Waals surface area contributed by atoms with Crippen molar-refractivity contribution in [1.82, 2.24) is 0 Å². The van der Waals surface area contributed by atoms with Crippen LogP contribution in [0, 0.1) is 11.8 Å². The van der Waals surface area contributed by atoms with E-state index in [1.165, 1.54) is 70.6 Å². The maximum absolute atomic E-state index is 1.95. The van der Waals surface area contributed by atoms with Crippen LogP contribution in [-0.4, -0.2) is 0 Å². The molecular formula is C13H23. The molecule has 2 saturated carbocycles. The second kappa shape index (κ2) is 5.02. The van der Waals surface area contributed by atoms with Crippen molar-refractivity contribution in [3.8, 4) is 0 Å². The molecule has 0 aromatic carbocycles. The molecule has 2 aliphatic rings. The molecule has 0 heterocycles. The van der Waals surface area contributed by atoms with Crippen LogP contribution in [0.5, 0.6) is 0 Å². The normalized spacial score (nSPS) is 32.8. The van der Waals surface area contributed by atoms with Gasteiger partial charge in [0.15, 0.2) is 0 Å². The quantitative estimate of drug-likeness (QED) is 0.514. The topological polar surface area (TPSA) is 0 Å². The van der Waals surface area contributed by atoms with Crippen molar-refractivity contribution < 1.29 is 0 Å². The Kier molecular flexibility index (Phi) is 3.69. The molecule has 2 aliphatic carbocycles. The van der Waals surface area contributed by atoms with Crippen molar-refractivity contribution in [1.29, 1.82) is 0 Å². The number of fused-ring (bicyclic) bond motifs is 1. The van der Waals surface area contributed by atoms with Gasteiger partial charge in [0.25, 0.3) is 0 Å². The van der Waals surface area contributed by atoms with Gasteiger partial charge in [-0.1, -0.05) is 44.9 Å². The standard InChI is InChI=1S/C13H23/c1-2-4-6-9-13-11-7-10-12(13)8-5-3-1/h12H,1-11H2. The lowest BCUT2D eigenvalue weighted by Gasteiger charge is -2.20. The van der Waals surface area contributed by atoms with Crippen LogP contribution in [0.4, 0.5) is 0 Å². The van der Waals surface area contributed by atoms with Crippen LogP contribution in [0.15, 0.2) is 0 Å². The monoisotopic (exact) mass is 179 g/mol. The molecule has 1 atom stereocenters. The first-order valence-electron chi connectivity index (χ1n) is 6.31. The fourth-order valence-electron chi connectivity index (χ4n) is 3.11. The summed E-state index contributed by atoms with van der Waals surface area (Å²) in [7, 11) is 0. The Morgan fingerprint density at radius 3 is 2.15 bits per heavy atom. The summed E-state index contributed by atoms with van der Waals surface area (Å²) in [5, 5.41) is 0. The van der Waals surface area contributed by atoms with E-state index in [-0.39, 0.29) is 0 Å². The third kappa shape index (κ3) is 2.72. The van der Waals surface area contributed by atoms with Gasteiger partial charge >= 0.3 is 0 Å². The average Bonchev–Trinajstić information content (AvgIpc) is 2.59. The maximum Gasteiger partial charge on any atom is -0.0210 e. The summed E-state index contributed by atoms with van der Waals surface area (Å²) >= 11 is 0. The molecule has 0 nitrogen and oxygen atoms in total. The molecule has 0 saturated heterocycles. The predicted octanol–water partition coefficient (Wildman–Crippen LogP) is 4.50. The summed E-state index contributed by atoms with van der Waals surface area (Å²) in [4.78, 5) is 0.